The van der Waals surface area contributed by atoms with Crippen LogP contribution < -0.4 is 10.5 Å². The molecule has 4 atom stereocenters. The molecule has 0 aliphatic carbocycles. The number of halogens is 1. The Bertz CT molecular complexity index is 1290. The number of hydrogen-bond acceptors (Lipinski definition) is 6. The Morgan fingerprint density at radius 3 is 2.37 bits per heavy atom. The van der Waals surface area contributed by atoms with Gasteiger partial charge in [-0.3, -0.25) is 14.4 Å². The van der Waals surface area contributed by atoms with Gasteiger partial charge >= 0.3 is 0 Å². The molecule has 0 aromatic heterocycles. The number of likely N-dealkylation sites (tertiary alicyclic amines) is 2. The standard InChI is InChI=1S/C30H46ClN5O5S.2C2H6/c1-6-34(17-21(3)23(5)29(32)38)18-26-9-7-14-36(26)28(37)19-35-13-8-10-27(30(35)39)33-42(40,41)22(4)15-24-16-25(31)12-11-20(24)2;2*1-2/h11-12,15-16,21,23,26-27,33H,6-10,13-14,17-19H2,1-5H3,(H2,32,38);2*1-2H3/b22-15+;;/t21?,23?,26?,27-;;/m0../s1. The third-order valence-electron chi connectivity index (χ3n) is 8.64. The highest BCUT2D eigenvalue weighted by Crippen LogP contribution is 2.23. The quantitative estimate of drug-likeness (QED) is 0.299. The van der Waals surface area contributed by atoms with Crippen molar-refractivity contribution in [1.82, 2.24) is 19.4 Å². The Morgan fingerprint density at radius 1 is 1.13 bits per heavy atom. The van der Waals surface area contributed by atoms with Crippen LogP contribution in [0.5, 0.6) is 0 Å². The van der Waals surface area contributed by atoms with E-state index in [0.29, 0.717) is 49.6 Å². The van der Waals surface area contributed by atoms with E-state index in [9.17, 15) is 22.8 Å². The highest BCUT2D eigenvalue weighted by Gasteiger charge is 2.36. The third kappa shape index (κ3) is 12.0. The van der Waals surface area contributed by atoms with Gasteiger partial charge in [-0.15, -0.1) is 0 Å². The number of aryl methyl sites for hydroxylation is 1. The van der Waals surface area contributed by atoms with Crippen LogP contribution in [0.3, 0.4) is 0 Å². The number of rotatable bonds is 13. The maximum Gasteiger partial charge on any atom is 0.242 e. The number of amides is 3. The van der Waals surface area contributed by atoms with Crippen molar-refractivity contribution in [2.45, 2.75) is 100 Å². The average Bonchev–Trinajstić information content (AvgIpc) is 3.50. The van der Waals surface area contributed by atoms with E-state index in [4.69, 9.17) is 17.3 Å². The van der Waals surface area contributed by atoms with Gasteiger partial charge in [0.15, 0.2) is 0 Å². The molecule has 3 amide bonds. The van der Waals surface area contributed by atoms with Crippen LogP contribution in [0.15, 0.2) is 23.1 Å². The van der Waals surface area contributed by atoms with E-state index in [1.165, 1.54) is 11.8 Å². The largest absolute Gasteiger partial charge is 0.369 e. The fourth-order valence-corrected chi connectivity index (χ4v) is 6.88. The summed E-state index contributed by atoms with van der Waals surface area (Å²) in [5.41, 5.74) is 7.06. The van der Waals surface area contributed by atoms with E-state index in [-0.39, 0.29) is 47.0 Å². The monoisotopic (exact) mass is 683 g/mol. The van der Waals surface area contributed by atoms with Gasteiger partial charge in [-0.2, -0.15) is 4.72 Å². The first kappa shape index (κ1) is 41.6. The summed E-state index contributed by atoms with van der Waals surface area (Å²) in [6.45, 7) is 20.4. The Kier molecular flexibility index (Phi) is 18.1. The van der Waals surface area contributed by atoms with Crippen molar-refractivity contribution in [2.75, 3.05) is 39.3 Å². The number of likely N-dealkylation sites (N-methyl/N-ethyl adjacent to an activating group) is 1. The minimum atomic E-state index is -3.94. The number of benzene rings is 1. The van der Waals surface area contributed by atoms with E-state index in [2.05, 4.69) is 16.5 Å². The molecule has 0 saturated carbocycles. The molecule has 0 spiro atoms. The van der Waals surface area contributed by atoms with Crippen LogP contribution in [0.4, 0.5) is 0 Å². The lowest BCUT2D eigenvalue weighted by Crippen LogP contribution is -2.55. The van der Waals surface area contributed by atoms with E-state index in [1.807, 2.05) is 59.4 Å². The van der Waals surface area contributed by atoms with Gasteiger partial charge in [0.05, 0.1) is 11.4 Å². The molecule has 2 aliphatic heterocycles. The van der Waals surface area contributed by atoms with Gasteiger partial charge in [-0.1, -0.05) is 66.1 Å². The summed E-state index contributed by atoms with van der Waals surface area (Å²) < 4.78 is 28.8. The molecular weight excluding hydrogens is 626 g/mol. The summed E-state index contributed by atoms with van der Waals surface area (Å²) in [5, 5.41) is 0.502. The number of hydrogen-bond donors (Lipinski definition) is 2. The maximum atomic E-state index is 13.4. The number of sulfonamides is 1. The molecule has 1 aromatic rings. The number of piperidine rings is 1. The SMILES string of the molecule is CC.CC.CCN(CC(C)C(C)C(N)=O)CC1CCCN1C(=O)CN1CCC[C@H](NS(=O)(=O)/C(C)=C/c2cc(Cl)ccc2C)C1=O. The van der Waals surface area contributed by atoms with E-state index >= 15 is 0 Å². The van der Waals surface area contributed by atoms with Crippen molar-refractivity contribution in [3.8, 4) is 0 Å². The van der Waals surface area contributed by atoms with Crippen LogP contribution in [0.25, 0.3) is 6.08 Å². The number of primary amides is 1. The zero-order chi connectivity index (χ0) is 35.2. The van der Waals surface area contributed by atoms with Gasteiger partial charge in [0, 0.05) is 43.2 Å². The third-order valence-corrected chi connectivity index (χ3v) is 10.4. The average molecular weight is 684 g/mol. The number of nitrogens with zero attached hydrogens (tertiary/aromatic N) is 3. The normalized spacial score (nSPS) is 20.0. The van der Waals surface area contributed by atoms with Crippen molar-refractivity contribution in [1.29, 1.82) is 0 Å². The van der Waals surface area contributed by atoms with Gasteiger partial charge in [0.25, 0.3) is 0 Å². The topological polar surface area (TPSA) is 133 Å². The zero-order valence-corrected chi connectivity index (χ0v) is 31.0. The van der Waals surface area contributed by atoms with Crippen LogP contribution in [0, 0.1) is 18.8 Å². The van der Waals surface area contributed by atoms with Gasteiger partial charge in [-0.05, 0) is 81.3 Å². The van der Waals surface area contributed by atoms with Crippen molar-refractivity contribution in [2.24, 2.45) is 17.6 Å². The number of carbonyl (C=O) groups excluding carboxylic acids is 3. The molecule has 3 unspecified atom stereocenters. The van der Waals surface area contributed by atoms with Crippen LogP contribution in [-0.4, -0.2) is 92.2 Å². The van der Waals surface area contributed by atoms with Gasteiger partial charge in [0.2, 0.25) is 27.7 Å². The smallest absolute Gasteiger partial charge is 0.242 e. The van der Waals surface area contributed by atoms with Crippen LogP contribution in [0.1, 0.15) is 92.2 Å². The summed E-state index contributed by atoms with van der Waals surface area (Å²) in [7, 11) is -3.94. The summed E-state index contributed by atoms with van der Waals surface area (Å²) in [6.07, 6.45) is 4.25. The Balaban J connectivity index is 0.00000254. The van der Waals surface area contributed by atoms with Crippen molar-refractivity contribution < 1.29 is 22.8 Å². The predicted octanol–water partition coefficient (Wildman–Crippen LogP) is 5.04. The Morgan fingerprint density at radius 2 is 1.76 bits per heavy atom. The first-order chi connectivity index (χ1) is 21.7. The van der Waals surface area contributed by atoms with Crippen LogP contribution >= 0.6 is 11.6 Å². The molecule has 1 aromatic carbocycles. The number of carbonyl (C=O) groups is 3. The Labute approximate surface area is 283 Å². The summed E-state index contributed by atoms with van der Waals surface area (Å²) >= 11 is 6.08. The molecule has 2 saturated heterocycles. The second-order valence-electron chi connectivity index (χ2n) is 11.7. The second kappa shape index (κ2) is 20.0. The fraction of sp³-hybridized carbons (Fsp3) is 0.676. The molecule has 3 rings (SSSR count). The molecule has 10 nitrogen and oxygen atoms in total. The van der Waals surface area contributed by atoms with E-state index in [1.54, 1.807) is 18.2 Å². The molecular formula is C34H58ClN5O5S. The number of allylic oxidation sites excluding steroid dienone is 1. The van der Waals surface area contributed by atoms with E-state index < -0.39 is 16.1 Å². The zero-order valence-electron chi connectivity index (χ0n) is 29.4. The molecule has 2 aliphatic rings. The number of nitrogens with one attached hydrogen (secondary N) is 1. The Hall–Kier alpha value is -2.47. The molecule has 12 heteroatoms. The lowest BCUT2D eigenvalue weighted by Gasteiger charge is -2.35. The van der Waals surface area contributed by atoms with Crippen molar-refractivity contribution >= 4 is 45.4 Å². The van der Waals surface area contributed by atoms with Gasteiger partial charge in [0.1, 0.15) is 6.04 Å². The van der Waals surface area contributed by atoms with Crippen molar-refractivity contribution in [3.05, 3.63) is 39.3 Å². The molecule has 46 heavy (non-hydrogen) atoms. The summed E-state index contributed by atoms with van der Waals surface area (Å²) in [4.78, 5) is 44.0. The first-order valence-electron chi connectivity index (χ1n) is 16.8. The van der Waals surface area contributed by atoms with Gasteiger partial charge < -0.3 is 20.4 Å². The van der Waals surface area contributed by atoms with Crippen LogP contribution in [-0.2, 0) is 24.4 Å². The fourth-order valence-electron chi connectivity index (χ4n) is 5.63. The second-order valence-corrected chi connectivity index (χ2v) is 14.1. The van der Waals surface area contributed by atoms with Crippen molar-refractivity contribution in [3.63, 3.8) is 0 Å². The minimum Gasteiger partial charge on any atom is -0.369 e. The summed E-state index contributed by atoms with van der Waals surface area (Å²) in [6, 6.07) is 4.34. The van der Waals surface area contributed by atoms with E-state index in [0.717, 1.165) is 24.9 Å². The molecule has 262 valence electrons. The summed E-state index contributed by atoms with van der Waals surface area (Å²) in [5.74, 6) is -0.976. The maximum absolute atomic E-state index is 13.4. The molecule has 0 bridgehead atoms. The predicted molar refractivity (Wildman–Crippen MR) is 189 cm³/mol. The van der Waals surface area contributed by atoms with Crippen LogP contribution in [0.2, 0.25) is 5.02 Å². The minimum absolute atomic E-state index is 0.0189. The number of nitrogens with two attached hydrogens (primary N) is 1. The lowest BCUT2D eigenvalue weighted by atomic mass is 9.94. The molecule has 0 radical (unpaired) electrons. The molecule has 2 fully saturated rings. The first-order valence-corrected chi connectivity index (χ1v) is 18.7. The van der Waals surface area contributed by atoms with Gasteiger partial charge in [-0.25, -0.2) is 8.42 Å². The highest BCUT2D eigenvalue weighted by molar-refractivity contribution is 7.93. The molecule has 2 heterocycles. The molecule has 3 N–H and O–H groups in total. The lowest BCUT2D eigenvalue weighted by molar-refractivity contribution is -0.143. The highest BCUT2D eigenvalue weighted by atomic mass is 35.5.